The van der Waals surface area contributed by atoms with Gasteiger partial charge in [-0.15, -0.1) is 0 Å². The van der Waals surface area contributed by atoms with Gasteiger partial charge in [0.1, 0.15) is 5.75 Å². The summed E-state index contributed by atoms with van der Waals surface area (Å²) in [6.07, 6.45) is 1.40. The fourth-order valence-corrected chi connectivity index (χ4v) is 2.76. The predicted molar refractivity (Wildman–Crippen MR) is 77.9 cm³/mol. The number of nitrogen functional groups attached to an aromatic ring is 1. The van der Waals surface area contributed by atoms with Gasteiger partial charge in [0.25, 0.3) is 0 Å². The van der Waals surface area contributed by atoms with Crippen LogP contribution in [0.15, 0.2) is 24.3 Å². The van der Waals surface area contributed by atoms with Crippen LogP contribution in [0.3, 0.4) is 0 Å². The fourth-order valence-electron chi connectivity index (χ4n) is 2.76. The largest absolute Gasteiger partial charge is 0.496 e. The molecule has 0 radical (unpaired) electrons. The Kier molecular flexibility index (Phi) is 4.80. The highest BCUT2D eigenvalue weighted by atomic mass is 19.4. The van der Waals surface area contributed by atoms with Gasteiger partial charge in [0.15, 0.2) is 0 Å². The normalized spacial score (nSPS) is 23.4. The summed E-state index contributed by atoms with van der Waals surface area (Å²) < 4.78 is 43.1. The van der Waals surface area contributed by atoms with E-state index < -0.39 is 12.1 Å². The van der Waals surface area contributed by atoms with Gasteiger partial charge in [0.2, 0.25) is 0 Å². The number of methoxy groups -OCH3 is 1. The molecular weight excluding hydrogens is 279 g/mol. The highest BCUT2D eigenvalue weighted by molar-refractivity contribution is 5.62. The minimum absolute atomic E-state index is 0.190. The third-order valence-electron chi connectivity index (χ3n) is 4.04. The summed E-state index contributed by atoms with van der Waals surface area (Å²) in [7, 11) is 1.58. The number of ether oxygens (including phenoxy) is 1. The Balaban J connectivity index is 1.99. The second-order valence-electron chi connectivity index (χ2n) is 5.51. The lowest BCUT2D eigenvalue weighted by molar-refractivity contribution is -0.183. The molecule has 0 heterocycles. The highest BCUT2D eigenvalue weighted by Gasteiger charge is 2.40. The molecule has 1 fully saturated rings. The second-order valence-corrected chi connectivity index (χ2v) is 5.51. The molecule has 0 aliphatic heterocycles. The Morgan fingerprint density at radius 2 is 1.86 bits per heavy atom. The predicted octanol–water partition coefficient (Wildman–Crippen LogP) is 4.66. The molecule has 1 aliphatic rings. The third-order valence-corrected chi connectivity index (χ3v) is 4.04. The second kappa shape index (κ2) is 6.41. The van der Waals surface area contributed by atoms with Gasteiger partial charge in [0, 0.05) is 11.3 Å². The maximum Gasteiger partial charge on any atom is 0.391 e. The maximum atomic E-state index is 12.6. The average Bonchev–Trinajstić information content (AvgIpc) is 2.45. The standard InChI is InChI=1S/C16H20F3NO/c1-21-15-9-8-14(20)10-12(15)5-2-11-3-6-13(7-4-11)16(17,18)19/h2,5,8-11,13H,3-4,6-7,20H2,1H3/b5-2+/t11-,13-. The van der Waals surface area contributed by atoms with Crippen LogP contribution in [0.4, 0.5) is 18.9 Å². The maximum absolute atomic E-state index is 12.6. The number of allylic oxidation sites excluding steroid dienone is 1. The lowest BCUT2D eigenvalue weighted by atomic mass is 9.81. The van der Waals surface area contributed by atoms with Crippen LogP contribution >= 0.6 is 0 Å². The molecule has 0 atom stereocenters. The summed E-state index contributed by atoms with van der Waals surface area (Å²) in [6.45, 7) is 0. The number of halogens is 3. The molecule has 1 aromatic carbocycles. The molecule has 0 saturated heterocycles. The Bertz CT molecular complexity index is 503. The molecule has 0 bridgehead atoms. The van der Waals surface area contributed by atoms with Crippen LogP contribution in [-0.2, 0) is 0 Å². The van der Waals surface area contributed by atoms with Gasteiger partial charge >= 0.3 is 6.18 Å². The fraction of sp³-hybridized carbons (Fsp3) is 0.500. The van der Waals surface area contributed by atoms with Crippen LogP contribution in [-0.4, -0.2) is 13.3 Å². The lowest BCUT2D eigenvalue weighted by Crippen LogP contribution is -2.27. The van der Waals surface area contributed by atoms with Crippen LogP contribution in [0.25, 0.3) is 6.08 Å². The van der Waals surface area contributed by atoms with E-state index in [2.05, 4.69) is 0 Å². The van der Waals surface area contributed by atoms with Crippen molar-refractivity contribution in [2.45, 2.75) is 31.9 Å². The molecule has 21 heavy (non-hydrogen) atoms. The first-order valence-corrected chi connectivity index (χ1v) is 7.08. The van der Waals surface area contributed by atoms with E-state index in [-0.39, 0.29) is 18.8 Å². The molecule has 0 amide bonds. The van der Waals surface area contributed by atoms with Crippen LogP contribution in [0, 0.1) is 11.8 Å². The molecule has 2 nitrogen and oxygen atoms in total. The zero-order valence-electron chi connectivity index (χ0n) is 12.0. The van der Waals surface area contributed by atoms with E-state index >= 15 is 0 Å². The SMILES string of the molecule is COc1ccc(N)cc1/C=C/[C@H]1CC[C@H](C(F)(F)F)CC1. The minimum Gasteiger partial charge on any atom is -0.496 e. The lowest BCUT2D eigenvalue weighted by Gasteiger charge is -2.28. The van der Waals surface area contributed by atoms with Crippen molar-refractivity contribution in [1.29, 1.82) is 0 Å². The molecule has 1 saturated carbocycles. The van der Waals surface area contributed by atoms with Crippen molar-refractivity contribution in [3.05, 3.63) is 29.8 Å². The first kappa shape index (κ1) is 15.7. The zero-order valence-corrected chi connectivity index (χ0v) is 12.0. The molecule has 0 spiro atoms. The van der Waals surface area contributed by atoms with E-state index in [0.717, 1.165) is 5.56 Å². The first-order valence-electron chi connectivity index (χ1n) is 7.08. The molecule has 5 heteroatoms. The summed E-state index contributed by atoms with van der Waals surface area (Å²) in [5.74, 6) is -0.233. The van der Waals surface area contributed by atoms with Crippen molar-refractivity contribution < 1.29 is 17.9 Å². The number of anilines is 1. The zero-order chi connectivity index (χ0) is 15.5. The average molecular weight is 299 g/mol. The van der Waals surface area contributed by atoms with Gasteiger partial charge in [-0.2, -0.15) is 13.2 Å². The minimum atomic E-state index is -4.05. The van der Waals surface area contributed by atoms with Crippen molar-refractivity contribution in [1.82, 2.24) is 0 Å². The number of alkyl halides is 3. The summed E-state index contributed by atoms with van der Waals surface area (Å²) in [4.78, 5) is 0. The van der Waals surface area contributed by atoms with E-state index in [4.69, 9.17) is 10.5 Å². The Hall–Kier alpha value is -1.65. The van der Waals surface area contributed by atoms with Crippen LogP contribution in [0.5, 0.6) is 5.75 Å². The summed E-state index contributed by atoms with van der Waals surface area (Å²) >= 11 is 0. The molecule has 2 rings (SSSR count). The van der Waals surface area contributed by atoms with Crippen LogP contribution in [0.2, 0.25) is 0 Å². The summed E-state index contributed by atoms with van der Waals surface area (Å²) in [6, 6.07) is 5.34. The monoisotopic (exact) mass is 299 g/mol. The van der Waals surface area contributed by atoms with E-state index in [9.17, 15) is 13.2 Å². The topological polar surface area (TPSA) is 35.2 Å². The van der Waals surface area contributed by atoms with E-state index in [1.54, 1.807) is 25.3 Å². The number of hydrogen-bond donors (Lipinski definition) is 1. The Morgan fingerprint density at radius 3 is 2.43 bits per heavy atom. The summed E-state index contributed by atoms with van der Waals surface area (Å²) in [5.41, 5.74) is 7.23. The van der Waals surface area contributed by atoms with E-state index in [1.165, 1.54) is 0 Å². The van der Waals surface area contributed by atoms with Gasteiger partial charge in [0.05, 0.1) is 13.0 Å². The van der Waals surface area contributed by atoms with Gasteiger partial charge in [-0.05, 0) is 49.8 Å². The van der Waals surface area contributed by atoms with Gasteiger partial charge < -0.3 is 10.5 Å². The van der Waals surface area contributed by atoms with Crippen molar-refractivity contribution in [2.24, 2.45) is 11.8 Å². The quantitative estimate of drug-likeness (QED) is 0.824. The number of nitrogens with two attached hydrogens (primary N) is 1. The molecule has 1 aromatic rings. The van der Waals surface area contributed by atoms with Gasteiger partial charge in [-0.1, -0.05) is 12.2 Å². The Morgan fingerprint density at radius 1 is 1.19 bits per heavy atom. The van der Waals surface area contributed by atoms with Crippen molar-refractivity contribution in [3.63, 3.8) is 0 Å². The number of benzene rings is 1. The molecular formula is C16H20F3NO. The molecule has 0 unspecified atom stereocenters. The van der Waals surface area contributed by atoms with Crippen molar-refractivity contribution >= 4 is 11.8 Å². The highest BCUT2D eigenvalue weighted by Crippen LogP contribution is 2.40. The summed E-state index contributed by atoms with van der Waals surface area (Å²) in [5, 5.41) is 0. The van der Waals surface area contributed by atoms with Crippen molar-refractivity contribution in [3.8, 4) is 5.75 Å². The first-order chi connectivity index (χ1) is 9.90. The van der Waals surface area contributed by atoms with Crippen molar-refractivity contribution in [2.75, 3.05) is 12.8 Å². The smallest absolute Gasteiger partial charge is 0.391 e. The van der Waals surface area contributed by atoms with Crippen LogP contribution in [0.1, 0.15) is 31.2 Å². The van der Waals surface area contributed by atoms with E-state index in [0.29, 0.717) is 24.3 Å². The molecule has 2 N–H and O–H groups in total. The number of rotatable bonds is 3. The third kappa shape index (κ3) is 4.16. The van der Waals surface area contributed by atoms with Gasteiger partial charge in [-0.3, -0.25) is 0 Å². The number of hydrogen-bond acceptors (Lipinski definition) is 2. The van der Waals surface area contributed by atoms with Gasteiger partial charge in [-0.25, -0.2) is 0 Å². The Labute approximate surface area is 122 Å². The molecule has 0 aromatic heterocycles. The molecule has 1 aliphatic carbocycles. The van der Waals surface area contributed by atoms with Crippen LogP contribution < -0.4 is 10.5 Å². The molecule has 116 valence electrons. The van der Waals surface area contributed by atoms with E-state index in [1.807, 2.05) is 12.2 Å².